The minimum atomic E-state index is 0.633. The van der Waals surface area contributed by atoms with Gasteiger partial charge in [-0.2, -0.15) is 0 Å². The summed E-state index contributed by atoms with van der Waals surface area (Å²) in [6.07, 6.45) is 2.06. The summed E-state index contributed by atoms with van der Waals surface area (Å²) in [6.45, 7) is 0.633. The summed E-state index contributed by atoms with van der Waals surface area (Å²) >= 11 is 6.85. The molecule has 4 heteroatoms. The lowest BCUT2D eigenvalue weighted by atomic mass is 10.3. The molecule has 2 rings (SSSR count). The first-order chi connectivity index (χ1) is 7.79. The number of hydrogen-bond acceptors (Lipinski definition) is 3. The second-order valence-corrected chi connectivity index (χ2v) is 5.93. The van der Waals surface area contributed by atoms with E-state index in [-0.39, 0.29) is 0 Å². The van der Waals surface area contributed by atoms with E-state index in [9.17, 15) is 0 Å². The van der Waals surface area contributed by atoms with E-state index < -0.39 is 0 Å². The summed E-state index contributed by atoms with van der Waals surface area (Å²) in [5.41, 5.74) is 0. The Morgan fingerprint density at radius 1 is 1.38 bits per heavy atom. The van der Waals surface area contributed by atoms with Gasteiger partial charge in [-0.25, -0.2) is 0 Å². The van der Waals surface area contributed by atoms with Crippen LogP contribution in [-0.2, 0) is 6.61 Å². The highest BCUT2D eigenvalue weighted by Gasteiger charge is 2.03. The Balaban J connectivity index is 2.04. The molecule has 0 amide bonds. The molecule has 0 bridgehead atoms. The molecule has 0 fully saturated rings. The van der Waals surface area contributed by atoms with Gasteiger partial charge in [0.1, 0.15) is 12.4 Å². The number of hydrogen-bond donors (Lipinski definition) is 0. The summed E-state index contributed by atoms with van der Waals surface area (Å²) in [5.74, 6) is 0.958. The van der Waals surface area contributed by atoms with Gasteiger partial charge >= 0.3 is 0 Å². The van der Waals surface area contributed by atoms with Gasteiger partial charge in [0.25, 0.3) is 0 Å². The van der Waals surface area contributed by atoms with Crippen LogP contribution in [0.4, 0.5) is 0 Å². The Kier molecular flexibility index (Phi) is 4.32. The highest BCUT2D eigenvalue weighted by atomic mass is 79.9. The Morgan fingerprint density at radius 3 is 2.88 bits per heavy atom. The lowest BCUT2D eigenvalue weighted by Crippen LogP contribution is -1.93. The van der Waals surface area contributed by atoms with Crippen LogP contribution in [0.1, 0.15) is 4.88 Å². The van der Waals surface area contributed by atoms with Crippen molar-refractivity contribution in [2.75, 3.05) is 6.26 Å². The molecule has 84 valence electrons. The molecule has 0 saturated heterocycles. The first-order valence-corrected chi connectivity index (χ1v) is 7.68. The highest BCUT2D eigenvalue weighted by molar-refractivity contribution is 9.10. The van der Waals surface area contributed by atoms with Gasteiger partial charge in [0, 0.05) is 19.6 Å². The number of benzene rings is 1. The van der Waals surface area contributed by atoms with E-state index in [1.807, 2.05) is 18.2 Å². The molecule has 0 N–H and O–H groups in total. The van der Waals surface area contributed by atoms with Crippen LogP contribution in [0.3, 0.4) is 0 Å². The van der Waals surface area contributed by atoms with Gasteiger partial charge in [0.2, 0.25) is 0 Å². The monoisotopic (exact) mass is 314 g/mol. The van der Waals surface area contributed by atoms with Crippen molar-refractivity contribution in [3.05, 3.63) is 45.1 Å². The number of para-hydroxylation sites is 1. The second kappa shape index (κ2) is 5.75. The lowest BCUT2D eigenvalue weighted by Gasteiger charge is -2.08. The maximum atomic E-state index is 5.80. The molecule has 0 saturated carbocycles. The predicted octanol–water partition coefficient (Wildman–Crippen LogP) is 4.81. The molecule has 0 unspecified atom stereocenters. The highest BCUT2D eigenvalue weighted by Crippen LogP contribution is 2.28. The molecular formula is C12H11BrOS2. The number of halogens is 1. The lowest BCUT2D eigenvalue weighted by molar-refractivity contribution is 0.302. The first-order valence-electron chi connectivity index (χ1n) is 4.78. The van der Waals surface area contributed by atoms with Gasteiger partial charge in [-0.1, -0.05) is 12.1 Å². The van der Waals surface area contributed by atoms with E-state index in [0.29, 0.717) is 6.61 Å². The van der Waals surface area contributed by atoms with Gasteiger partial charge in [0.15, 0.2) is 0 Å². The third-order valence-corrected chi connectivity index (χ3v) is 4.51. The van der Waals surface area contributed by atoms with E-state index in [4.69, 9.17) is 4.74 Å². The molecule has 16 heavy (non-hydrogen) atoms. The van der Waals surface area contributed by atoms with Crippen LogP contribution in [-0.4, -0.2) is 6.26 Å². The van der Waals surface area contributed by atoms with Gasteiger partial charge in [-0.3, -0.25) is 0 Å². The summed E-state index contributed by atoms with van der Waals surface area (Å²) in [4.78, 5) is 2.40. The van der Waals surface area contributed by atoms with Crippen molar-refractivity contribution in [2.24, 2.45) is 0 Å². The van der Waals surface area contributed by atoms with Crippen molar-refractivity contribution < 1.29 is 4.74 Å². The molecular weight excluding hydrogens is 304 g/mol. The Hall–Kier alpha value is -0.450. The van der Waals surface area contributed by atoms with Crippen LogP contribution >= 0.6 is 39.0 Å². The van der Waals surface area contributed by atoms with Crippen LogP contribution in [0.15, 0.2) is 45.1 Å². The van der Waals surface area contributed by atoms with Crippen LogP contribution in [0.5, 0.6) is 5.75 Å². The topological polar surface area (TPSA) is 9.23 Å². The van der Waals surface area contributed by atoms with E-state index in [0.717, 1.165) is 10.2 Å². The zero-order chi connectivity index (χ0) is 11.4. The van der Waals surface area contributed by atoms with Crippen LogP contribution in [0, 0.1) is 0 Å². The first kappa shape index (κ1) is 12.0. The summed E-state index contributed by atoms with van der Waals surface area (Å²) in [6, 6.07) is 10.2. The third-order valence-electron chi connectivity index (χ3n) is 2.06. The molecule has 0 aliphatic rings. The molecule has 1 heterocycles. The fourth-order valence-electron chi connectivity index (χ4n) is 1.32. The molecule has 2 aromatic rings. The molecule has 0 aliphatic carbocycles. The van der Waals surface area contributed by atoms with Crippen molar-refractivity contribution in [2.45, 2.75) is 11.5 Å². The van der Waals surface area contributed by atoms with Crippen molar-refractivity contribution in [3.63, 3.8) is 0 Å². The van der Waals surface area contributed by atoms with Crippen LogP contribution < -0.4 is 4.74 Å². The molecule has 1 aromatic heterocycles. The maximum absolute atomic E-state index is 5.80. The average Bonchev–Trinajstić information content (AvgIpc) is 2.73. The number of rotatable bonds is 4. The van der Waals surface area contributed by atoms with E-state index in [1.54, 1.807) is 23.1 Å². The van der Waals surface area contributed by atoms with Crippen LogP contribution in [0.2, 0.25) is 0 Å². The second-order valence-electron chi connectivity index (χ2n) is 3.17. The zero-order valence-corrected chi connectivity index (χ0v) is 12.0. The van der Waals surface area contributed by atoms with Gasteiger partial charge < -0.3 is 4.74 Å². The molecule has 0 radical (unpaired) electrons. The molecule has 0 aliphatic heterocycles. The minimum absolute atomic E-state index is 0.633. The van der Waals surface area contributed by atoms with Gasteiger partial charge in [0.05, 0.1) is 0 Å². The largest absolute Gasteiger partial charge is 0.487 e. The Labute approximate surface area is 112 Å². The van der Waals surface area contributed by atoms with Gasteiger partial charge in [-0.05, 0) is 40.4 Å². The van der Waals surface area contributed by atoms with Crippen LogP contribution in [0.25, 0.3) is 0 Å². The van der Waals surface area contributed by atoms with Crippen molar-refractivity contribution in [3.8, 4) is 5.75 Å². The summed E-state index contributed by atoms with van der Waals surface area (Å²) in [7, 11) is 0. The number of ether oxygens (including phenoxy) is 1. The van der Waals surface area contributed by atoms with E-state index >= 15 is 0 Å². The molecule has 1 aromatic carbocycles. The van der Waals surface area contributed by atoms with E-state index in [1.165, 1.54) is 9.77 Å². The van der Waals surface area contributed by atoms with Crippen molar-refractivity contribution in [1.82, 2.24) is 0 Å². The van der Waals surface area contributed by atoms with Crippen molar-refractivity contribution >= 4 is 39.0 Å². The molecule has 0 spiro atoms. The fourth-order valence-corrected chi connectivity index (χ4v) is 3.22. The predicted molar refractivity (Wildman–Crippen MR) is 74.6 cm³/mol. The standard InChI is InChI=1S/C12H11BrOS2/c1-15-12-5-3-2-4-11(12)14-7-10-6-9(13)8-16-10/h2-6,8H,7H2,1H3. The quantitative estimate of drug-likeness (QED) is 0.749. The minimum Gasteiger partial charge on any atom is -0.487 e. The maximum Gasteiger partial charge on any atom is 0.133 e. The Bertz CT molecular complexity index is 468. The number of thiophene rings is 1. The zero-order valence-electron chi connectivity index (χ0n) is 8.77. The smallest absolute Gasteiger partial charge is 0.133 e. The molecule has 0 atom stereocenters. The summed E-state index contributed by atoms with van der Waals surface area (Å²) in [5, 5.41) is 2.07. The van der Waals surface area contributed by atoms with Gasteiger partial charge in [-0.15, -0.1) is 23.1 Å². The average molecular weight is 315 g/mol. The SMILES string of the molecule is CSc1ccccc1OCc1cc(Br)cs1. The normalized spacial score (nSPS) is 10.4. The van der Waals surface area contributed by atoms with Crippen molar-refractivity contribution in [1.29, 1.82) is 0 Å². The summed E-state index contributed by atoms with van der Waals surface area (Å²) < 4.78 is 6.92. The fraction of sp³-hybridized carbons (Fsp3) is 0.167. The van der Waals surface area contributed by atoms with E-state index in [2.05, 4.69) is 39.7 Å². The Morgan fingerprint density at radius 2 is 2.19 bits per heavy atom. The number of thioether (sulfide) groups is 1. The molecule has 1 nitrogen and oxygen atoms in total. The third kappa shape index (κ3) is 3.03.